The first-order valence-corrected chi connectivity index (χ1v) is 15.6. The lowest BCUT2D eigenvalue weighted by Crippen LogP contribution is -2.45. The maximum absolute atomic E-state index is 13.8. The number of fused-ring (bicyclic) bond motifs is 15. The molecule has 0 radical (unpaired) electrons. The lowest BCUT2D eigenvalue weighted by molar-refractivity contribution is -0.122. The molecule has 0 aromatic heterocycles. The van der Waals surface area contributed by atoms with Gasteiger partial charge in [-0.1, -0.05) is 65.8 Å². The van der Waals surface area contributed by atoms with Crippen molar-refractivity contribution in [3.05, 3.63) is 57.7 Å². The first-order chi connectivity index (χ1) is 21.3. The van der Waals surface area contributed by atoms with Crippen LogP contribution in [0.4, 0.5) is 0 Å². The minimum absolute atomic E-state index is 0.0273. The van der Waals surface area contributed by atoms with Gasteiger partial charge in [0, 0.05) is 52.0 Å². The Morgan fingerprint density at radius 2 is 1.24 bits per heavy atom. The predicted octanol–water partition coefficient (Wildman–Crippen LogP) is 1.30. The van der Waals surface area contributed by atoms with Gasteiger partial charge in [0.15, 0.2) is 11.6 Å². The molecule has 4 bridgehead atoms. The number of hydrogen-bond donors (Lipinski definition) is 7. The summed E-state index contributed by atoms with van der Waals surface area (Å²) in [6.07, 6.45) is -0.146. The van der Waals surface area contributed by atoms with Gasteiger partial charge in [0.05, 0.1) is 42.0 Å². The number of ketones is 2. The van der Waals surface area contributed by atoms with E-state index >= 15 is 0 Å². The number of amides is 1. The average molecular weight is 642 g/mol. The van der Waals surface area contributed by atoms with Crippen LogP contribution in [0.2, 0.25) is 0 Å². The summed E-state index contributed by atoms with van der Waals surface area (Å²) in [6.45, 7) is 12.5. The van der Waals surface area contributed by atoms with Crippen LogP contribution in [0.15, 0.2) is 46.5 Å². The number of rotatable bonds is 0. The Bertz CT molecular complexity index is 1590. The van der Waals surface area contributed by atoms with Gasteiger partial charge in [-0.25, -0.2) is 4.99 Å². The number of phenols is 2. The Balaban J connectivity index is 2.30. The van der Waals surface area contributed by atoms with Crippen LogP contribution >= 0.6 is 0 Å². The van der Waals surface area contributed by atoms with Crippen molar-refractivity contribution in [2.75, 3.05) is 0 Å². The van der Waals surface area contributed by atoms with E-state index in [9.17, 15) is 50.1 Å². The molecule has 2 heterocycles. The minimum Gasteiger partial charge on any atom is -0.507 e. The van der Waals surface area contributed by atoms with Gasteiger partial charge in [0.1, 0.15) is 16.9 Å². The number of nitrogens with zero attached hydrogens (tertiary/aromatic N) is 1. The maximum Gasteiger partial charge on any atom is 0.273 e. The predicted molar refractivity (Wildman–Crippen MR) is 170 cm³/mol. The Labute approximate surface area is 268 Å². The van der Waals surface area contributed by atoms with Gasteiger partial charge in [0.2, 0.25) is 0 Å². The Morgan fingerprint density at radius 1 is 0.717 bits per heavy atom. The summed E-state index contributed by atoms with van der Waals surface area (Å²) in [5.74, 6) is -8.29. The van der Waals surface area contributed by atoms with Gasteiger partial charge in [-0.15, -0.1) is 0 Å². The van der Waals surface area contributed by atoms with Gasteiger partial charge in [-0.05, 0) is 19.4 Å². The molecule has 0 saturated carbocycles. The highest BCUT2D eigenvalue weighted by atomic mass is 16.3. The maximum atomic E-state index is 13.8. The molecule has 1 aromatic carbocycles. The molecular formula is C35H47NO10. The van der Waals surface area contributed by atoms with Crippen LogP contribution in [0.5, 0.6) is 11.5 Å². The van der Waals surface area contributed by atoms with Gasteiger partial charge in [-0.2, -0.15) is 0 Å². The zero-order valence-electron chi connectivity index (χ0n) is 27.5. The normalized spacial score (nSPS) is 38.4. The van der Waals surface area contributed by atoms with Gasteiger partial charge in [0.25, 0.3) is 5.91 Å². The fraction of sp³-hybridized carbons (Fsp3) is 0.543. The molecule has 3 aliphatic rings. The van der Waals surface area contributed by atoms with Gasteiger partial charge in [-0.3, -0.25) is 14.4 Å². The summed E-state index contributed by atoms with van der Waals surface area (Å²) in [5, 5.41) is 76.7. The molecule has 2 unspecified atom stereocenters. The molecule has 11 heteroatoms. The zero-order valence-corrected chi connectivity index (χ0v) is 27.5. The van der Waals surface area contributed by atoms with Crippen molar-refractivity contribution in [2.45, 2.75) is 85.9 Å². The highest BCUT2D eigenvalue weighted by Gasteiger charge is 2.40. The van der Waals surface area contributed by atoms with E-state index < -0.39 is 101 Å². The molecular weight excluding hydrogens is 594 g/mol. The molecule has 0 saturated heterocycles. The number of aliphatic hydroxyl groups is 5. The molecule has 0 fully saturated rings. The van der Waals surface area contributed by atoms with Crippen LogP contribution in [-0.2, 0) is 14.4 Å². The quantitative estimate of drug-likeness (QED) is 0.202. The van der Waals surface area contributed by atoms with Crippen molar-refractivity contribution in [1.29, 1.82) is 0 Å². The smallest absolute Gasteiger partial charge is 0.273 e. The van der Waals surface area contributed by atoms with E-state index in [4.69, 9.17) is 0 Å². The van der Waals surface area contributed by atoms with Crippen molar-refractivity contribution in [3.63, 3.8) is 0 Å². The number of hydrogen-bond acceptors (Lipinski definition) is 10. The summed E-state index contributed by atoms with van der Waals surface area (Å²) in [5.41, 5.74) is -0.629. The van der Waals surface area contributed by atoms with Crippen molar-refractivity contribution in [1.82, 2.24) is 0 Å². The third-order valence-corrected chi connectivity index (χ3v) is 9.70. The largest absolute Gasteiger partial charge is 0.507 e. The van der Waals surface area contributed by atoms with Crippen LogP contribution in [0, 0.1) is 35.5 Å². The SMILES string of the molecule is C/C1=C/C=C/[C@H](C)[C@H](O)[C@@H](C)[C@@H](O)[C@@H](C)[C@H](O)[C@H](C)[C@@H](O)[C@H](C)/C=C(/C)C(=O)C2=c3c(O)cc(c(O)c3C(O)C(C)C2=O)=NC1=O. The molecule has 1 amide bonds. The number of benzene rings is 1. The second-order valence-corrected chi connectivity index (χ2v) is 13.1. The minimum atomic E-state index is -1.62. The van der Waals surface area contributed by atoms with E-state index in [2.05, 4.69) is 4.99 Å². The molecule has 7 N–H and O–H groups in total. The lowest BCUT2D eigenvalue weighted by atomic mass is 9.76. The Morgan fingerprint density at radius 3 is 1.80 bits per heavy atom. The lowest BCUT2D eigenvalue weighted by Gasteiger charge is -2.36. The topological polar surface area (TPSA) is 205 Å². The summed E-state index contributed by atoms with van der Waals surface area (Å²) >= 11 is 0. The third kappa shape index (κ3) is 7.08. The number of phenolic OH excluding ortho intramolecular Hbond substituents is 2. The van der Waals surface area contributed by atoms with Crippen molar-refractivity contribution in [3.8, 4) is 11.5 Å². The van der Waals surface area contributed by atoms with Crippen molar-refractivity contribution < 1.29 is 50.1 Å². The molecule has 11 nitrogen and oxygen atoms in total. The third-order valence-electron chi connectivity index (χ3n) is 9.70. The summed E-state index contributed by atoms with van der Waals surface area (Å²) in [4.78, 5) is 44.0. The molecule has 252 valence electrons. The molecule has 11 atom stereocenters. The fourth-order valence-electron chi connectivity index (χ4n) is 6.31. The highest BCUT2D eigenvalue weighted by Crippen LogP contribution is 2.35. The molecule has 46 heavy (non-hydrogen) atoms. The van der Waals surface area contributed by atoms with Crippen LogP contribution in [0.3, 0.4) is 0 Å². The molecule has 0 spiro atoms. The van der Waals surface area contributed by atoms with Crippen molar-refractivity contribution in [2.24, 2.45) is 40.5 Å². The Kier molecular flexibility index (Phi) is 11.7. The standard InChI is InChI=1S/C35H47NO10/c1-14-10-9-11-15(2)35(46)36-22-13-23(37)24-25(32(43)21(8)33(44)26(24)34(22)45)29(40)17(4)12-16(3)28(39)19(6)31(42)20(7)30(41)18(5)27(14)38/h9-14,16,18-21,27-28,30-31,33,37-39,41-42,44-45H,1-8H3/b10-9+,15-11-,17-12-,36-22?/t14-,16+,18+,19+,20+,21?,27-,28-,30+,31+,33?/m0/s1. The second kappa shape index (κ2) is 14.5. The van der Waals surface area contributed by atoms with Gasteiger partial charge < -0.3 is 35.7 Å². The van der Waals surface area contributed by atoms with Crippen LogP contribution < -0.4 is 10.6 Å². The van der Waals surface area contributed by atoms with Crippen molar-refractivity contribution >= 4 is 23.0 Å². The monoisotopic (exact) mass is 641 g/mol. The van der Waals surface area contributed by atoms with E-state index in [1.807, 2.05) is 0 Å². The second-order valence-electron chi connectivity index (χ2n) is 13.1. The van der Waals surface area contributed by atoms with E-state index in [0.717, 1.165) is 6.07 Å². The van der Waals surface area contributed by atoms with E-state index in [1.165, 1.54) is 39.0 Å². The number of aliphatic hydroxyl groups excluding tert-OH is 5. The van der Waals surface area contributed by atoms with E-state index in [1.54, 1.807) is 40.7 Å². The number of allylic oxidation sites excluding steroid dienone is 3. The van der Waals surface area contributed by atoms with E-state index in [0.29, 0.717) is 0 Å². The molecule has 4 rings (SSSR count). The number of carbonyl (C=O) groups is 3. The number of aromatic hydroxyl groups is 2. The van der Waals surface area contributed by atoms with Crippen LogP contribution in [0.1, 0.15) is 67.1 Å². The summed E-state index contributed by atoms with van der Waals surface area (Å²) in [6, 6.07) is 0.939. The van der Waals surface area contributed by atoms with E-state index in [-0.39, 0.29) is 27.3 Å². The summed E-state index contributed by atoms with van der Waals surface area (Å²) in [7, 11) is 0. The van der Waals surface area contributed by atoms with Crippen LogP contribution in [-0.4, -0.2) is 77.6 Å². The number of Topliss-reactive ketones (excluding diaryl/α,β-unsaturated/α-hetero) is 2. The molecule has 2 aliphatic heterocycles. The van der Waals surface area contributed by atoms with Gasteiger partial charge >= 0.3 is 0 Å². The Hall–Kier alpha value is -3.48. The first kappa shape index (κ1) is 37.0. The van der Waals surface area contributed by atoms with Crippen LogP contribution in [0.25, 0.3) is 5.57 Å². The first-order valence-electron chi connectivity index (χ1n) is 15.6. The fourth-order valence-corrected chi connectivity index (χ4v) is 6.31. The number of carbonyl (C=O) groups excluding carboxylic acids is 3. The molecule has 1 aromatic rings. The average Bonchev–Trinajstić information content (AvgIpc) is 3.02. The highest BCUT2D eigenvalue weighted by molar-refractivity contribution is 6.46. The molecule has 1 aliphatic carbocycles. The summed E-state index contributed by atoms with van der Waals surface area (Å²) < 4.78 is 0. The zero-order chi connectivity index (χ0) is 34.9.